The highest BCUT2D eigenvalue weighted by molar-refractivity contribution is 7.75. The Hall–Kier alpha value is -0.190. The van der Waals surface area contributed by atoms with Gasteiger partial charge in [-0.15, -0.1) is 0 Å². The van der Waals surface area contributed by atoms with Crippen LogP contribution in [-0.2, 0) is 9.13 Å². The van der Waals surface area contributed by atoms with Gasteiger partial charge in [-0.25, -0.2) is 0 Å². The molecule has 90 valence electrons. The van der Waals surface area contributed by atoms with Gasteiger partial charge in [0, 0.05) is 12.7 Å². The van der Waals surface area contributed by atoms with Crippen LogP contribution in [0.3, 0.4) is 0 Å². The largest absolute Gasteiger partial charge is 0.348 e. The first-order valence-electron chi connectivity index (χ1n) is 4.34. The summed E-state index contributed by atoms with van der Waals surface area (Å²) >= 11 is 0. The lowest BCUT2D eigenvalue weighted by atomic mass is 10.6. The summed E-state index contributed by atoms with van der Waals surface area (Å²) in [5, 5.41) is 2.19. The second-order valence-corrected chi connectivity index (χ2v) is 7.04. The zero-order valence-electron chi connectivity index (χ0n) is 8.29. The van der Waals surface area contributed by atoms with Crippen LogP contribution in [0.2, 0.25) is 0 Å². The van der Waals surface area contributed by atoms with Crippen molar-refractivity contribution in [2.45, 2.75) is 13.3 Å². The molecule has 0 aliphatic rings. The second kappa shape index (κ2) is 5.77. The highest BCUT2D eigenvalue weighted by Gasteiger charge is 2.28. The highest BCUT2D eigenvalue weighted by Crippen LogP contribution is 2.44. The van der Waals surface area contributed by atoms with Crippen molar-refractivity contribution in [2.75, 3.05) is 18.9 Å². The van der Waals surface area contributed by atoms with E-state index in [1.807, 2.05) is 0 Å². The summed E-state index contributed by atoms with van der Waals surface area (Å²) in [6.45, 7) is 1.84. The van der Waals surface area contributed by atoms with E-state index in [2.05, 4.69) is 5.32 Å². The fourth-order valence-electron chi connectivity index (χ4n) is 0.867. The van der Waals surface area contributed by atoms with E-state index in [4.69, 9.17) is 9.79 Å². The van der Waals surface area contributed by atoms with Gasteiger partial charge in [0.1, 0.15) is 0 Å². The van der Waals surface area contributed by atoms with Gasteiger partial charge < -0.3 is 20.0 Å². The van der Waals surface area contributed by atoms with Crippen molar-refractivity contribution in [2.24, 2.45) is 0 Å². The van der Waals surface area contributed by atoms with Crippen LogP contribution in [0.4, 0.5) is 4.79 Å². The lowest BCUT2D eigenvalue weighted by molar-refractivity contribution is 0.255. The maximum absolute atomic E-state index is 11.3. The van der Waals surface area contributed by atoms with E-state index in [1.165, 1.54) is 0 Å². The Balaban J connectivity index is 4.11. The summed E-state index contributed by atoms with van der Waals surface area (Å²) in [4.78, 5) is 37.2. The number of rotatable bonds is 6. The molecule has 0 saturated carbocycles. The van der Waals surface area contributed by atoms with Crippen molar-refractivity contribution in [3.05, 3.63) is 0 Å². The Labute approximate surface area is 87.5 Å². The van der Waals surface area contributed by atoms with Gasteiger partial charge in [0.25, 0.3) is 7.37 Å². The van der Waals surface area contributed by atoms with Crippen LogP contribution >= 0.6 is 15.0 Å². The van der Waals surface area contributed by atoms with Crippen LogP contribution in [0.25, 0.3) is 0 Å². The molecule has 0 aromatic heterocycles. The van der Waals surface area contributed by atoms with E-state index in [0.29, 0.717) is 0 Å². The summed E-state index contributed by atoms with van der Waals surface area (Å²) in [6.07, 6.45) is -1.06. The Morgan fingerprint density at radius 3 is 2.13 bits per heavy atom. The molecule has 1 amide bonds. The normalized spacial score (nSPS) is 15.7. The van der Waals surface area contributed by atoms with Gasteiger partial charge in [-0.05, 0) is 13.3 Å². The van der Waals surface area contributed by atoms with Crippen molar-refractivity contribution >= 4 is 20.6 Å². The summed E-state index contributed by atoms with van der Waals surface area (Å²) in [5.41, 5.74) is -0.962. The molecule has 0 aliphatic heterocycles. The topological polar surface area (TPSA) is 124 Å². The van der Waals surface area contributed by atoms with Crippen LogP contribution in [0.15, 0.2) is 0 Å². The molecule has 0 aromatic rings. The molecule has 4 N–H and O–H groups in total. The van der Waals surface area contributed by atoms with Crippen molar-refractivity contribution in [3.8, 4) is 0 Å². The predicted molar refractivity (Wildman–Crippen MR) is 55.3 cm³/mol. The zero-order valence-corrected chi connectivity index (χ0v) is 10.1. The number of carbonyl (C=O) groups excluding carboxylic acids is 1. The molecule has 0 spiro atoms. The number of nitrogens with one attached hydrogen (secondary N) is 1. The molecule has 0 fully saturated rings. The van der Waals surface area contributed by atoms with E-state index in [9.17, 15) is 18.8 Å². The van der Waals surface area contributed by atoms with Crippen molar-refractivity contribution < 1.29 is 28.6 Å². The summed E-state index contributed by atoms with van der Waals surface area (Å²) in [7, 11) is -8.14. The first-order valence-corrected chi connectivity index (χ1v) is 7.98. The van der Waals surface area contributed by atoms with Crippen molar-refractivity contribution in [1.82, 2.24) is 5.32 Å². The SMILES string of the molecule is CCNC(=O)P(=O)(O)CCCP(=O)(O)O. The minimum atomic E-state index is -4.16. The zero-order chi connectivity index (χ0) is 12.1. The predicted octanol–water partition coefficient (Wildman–Crippen LogP) is 0.554. The van der Waals surface area contributed by atoms with Crippen LogP contribution in [0, 0.1) is 0 Å². The molecule has 1 atom stereocenters. The molecule has 0 rings (SSSR count). The second-order valence-electron chi connectivity index (χ2n) is 3.00. The van der Waals surface area contributed by atoms with Gasteiger partial charge >= 0.3 is 13.2 Å². The Kier molecular flexibility index (Phi) is 5.70. The molecule has 1 unspecified atom stereocenters. The van der Waals surface area contributed by atoms with Crippen molar-refractivity contribution in [3.63, 3.8) is 0 Å². The summed E-state index contributed by atoms with van der Waals surface area (Å²) in [6, 6.07) is 0. The summed E-state index contributed by atoms with van der Waals surface area (Å²) in [5.74, 6) is 0. The first-order chi connectivity index (χ1) is 6.69. The maximum Gasteiger partial charge on any atom is 0.325 e. The molecular formula is C6H15NO6P2. The fourth-order valence-corrected chi connectivity index (χ4v) is 2.88. The van der Waals surface area contributed by atoms with Gasteiger partial charge in [0.2, 0.25) is 0 Å². The average molecular weight is 259 g/mol. The van der Waals surface area contributed by atoms with Crippen molar-refractivity contribution in [1.29, 1.82) is 0 Å². The van der Waals surface area contributed by atoms with Crippen LogP contribution in [0.1, 0.15) is 13.3 Å². The number of hydrogen-bond acceptors (Lipinski definition) is 3. The van der Waals surface area contributed by atoms with E-state index >= 15 is 0 Å². The lowest BCUT2D eigenvalue weighted by Gasteiger charge is -2.10. The Morgan fingerprint density at radius 2 is 1.73 bits per heavy atom. The van der Waals surface area contributed by atoms with E-state index in [1.54, 1.807) is 6.92 Å². The van der Waals surface area contributed by atoms with E-state index < -0.39 is 32.9 Å². The molecule has 15 heavy (non-hydrogen) atoms. The van der Waals surface area contributed by atoms with E-state index in [0.717, 1.165) is 0 Å². The Bertz CT molecular complexity index is 311. The highest BCUT2D eigenvalue weighted by atomic mass is 31.2. The minimum absolute atomic E-state index is 0.158. The third-order valence-corrected chi connectivity index (χ3v) is 4.17. The van der Waals surface area contributed by atoms with Crippen LogP contribution < -0.4 is 5.32 Å². The minimum Gasteiger partial charge on any atom is -0.348 e. The van der Waals surface area contributed by atoms with Gasteiger partial charge in [-0.3, -0.25) is 13.9 Å². The molecule has 0 aliphatic carbocycles. The number of amides is 1. The molecule has 7 nitrogen and oxygen atoms in total. The molecule has 0 radical (unpaired) electrons. The van der Waals surface area contributed by atoms with E-state index in [-0.39, 0.29) is 13.0 Å². The molecule has 9 heteroatoms. The quantitative estimate of drug-likeness (QED) is 0.516. The van der Waals surface area contributed by atoms with Gasteiger partial charge in [0.05, 0.1) is 6.16 Å². The molecule has 0 heterocycles. The third kappa shape index (κ3) is 6.82. The van der Waals surface area contributed by atoms with Crippen LogP contribution in [-0.4, -0.2) is 39.2 Å². The van der Waals surface area contributed by atoms with Crippen LogP contribution in [0.5, 0.6) is 0 Å². The molecule has 0 bridgehead atoms. The fraction of sp³-hybridized carbons (Fsp3) is 0.833. The summed E-state index contributed by atoms with van der Waals surface area (Å²) < 4.78 is 21.7. The average Bonchev–Trinajstić information content (AvgIpc) is 2.01. The number of hydrogen-bond donors (Lipinski definition) is 4. The first kappa shape index (κ1) is 14.8. The smallest absolute Gasteiger partial charge is 0.325 e. The van der Waals surface area contributed by atoms with Gasteiger partial charge in [-0.2, -0.15) is 0 Å². The van der Waals surface area contributed by atoms with Gasteiger partial charge in [-0.1, -0.05) is 0 Å². The van der Waals surface area contributed by atoms with Gasteiger partial charge in [0.15, 0.2) is 0 Å². The lowest BCUT2D eigenvalue weighted by Crippen LogP contribution is -2.22. The standard InChI is InChI=1S/C6H15NO6P2/c1-2-7-6(8)14(9,10)4-3-5-15(11,12)13/h2-5H2,1H3,(H,7,8)(H,9,10)(H2,11,12,13). The molecule has 0 aromatic carbocycles. The molecular weight excluding hydrogens is 244 g/mol. The molecule has 0 saturated heterocycles. The maximum atomic E-state index is 11.3. The Morgan fingerprint density at radius 1 is 1.20 bits per heavy atom. The monoisotopic (exact) mass is 259 g/mol. The number of carbonyl (C=O) groups is 1. The third-order valence-electron chi connectivity index (χ3n) is 1.56.